The predicted molar refractivity (Wildman–Crippen MR) is 103 cm³/mol. The normalized spacial score (nSPS) is 16.9. The van der Waals surface area contributed by atoms with Crippen molar-refractivity contribution in [3.8, 4) is 0 Å². The van der Waals surface area contributed by atoms with E-state index in [4.69, 9.17) is 0 Å². The van der Waals surface area contributed by atoms with E-state index in [9.17, 15) is 9.59 Å². The van der Waals surface area contributed by atoms with E-state index in [0.29, 0.717) is 11.3 Å². The first kappa shape index (κ1) is 17.5. The lowest BCUT2D eigenvalue weighted by Gasteiger charge is -2.30. The Morgan fingerprint density at radius 3 is 2.54 bits per heavy atom. The van der Waals surface area contributed by atoms with E-state index in [1.807, 2.05) is 30.3 Å². The summed E-state index contributed by atoms with van der Waals surface area (Å²) < 4.78 is 0. The van der Waals surface area contributed by atoms with E-state index in [1.54, 1.807) is 43.4 Å². The number of rotatable bonds is 4. The highest BCUT2D eigenvalue weighted by atomic mass is 16.2. The van der Waals surface area contributed by atoms with Crippen molar-refractivity contribution in [2.45, 2.75) is 0 Å². The lowest BCUT2D eigenvalue weighted by molar-refractivity contribution is -0.119. The predicted octanol–water partition coefficient (Wildman–Crippen LogP) is 1.52. The molecule has 3 aromatic rings. The van der Waals surface area contributed by atoms with Crippen LogP contribution in [0, 0.1) is 5.92 Å². The molecule has 1 N–H and O–H groups in total. The number of ketones is 1. The number of fused-ring (bicyclic) bond motifs is 1. The number of tetrazole rings is 1. The van der Waals surface area contributed by atoms with Gasteiger partial charge in [0.15, 0.2) is 5.78 Å². The fraction of sp³-hybridized carbons (Fsp3) is 0.158. The Kier molecular flexibility index (Phi) is 4.40. The molecule has 28 heavy (non-hydrogen) atoms. The monoisotopic (exact) mass is 375 g/mol. The number of hydrazone groups is 1. The van der Waals surface area contributed by atoms with Gasteiger partial charge < -0.3 is 4.90 Å². The van der Waals surface area contributed by atoms with Crippen LogP contribution < -0.4 is 9.91 Å². The lowest BCUT2D eigenvalue weighted by Crippen LogP contribution is -2.47. The zero-order chi connectivity index (χ0) is 19.7. The number of benzene rings is 2. The van der Waals surface area contributed by atoms with Crippen molar-refractivity contribution in [2.24, 2.45) is 11.0 Å². The Labute approximate surface area is 160 Å². The second-order valence-corrected chi connectivity index (χ2v) is 6.29. The van der Waals surface area contributed by atoms with Gasteiger partial charge in [0.05, 0.1) is 11.4 Å². The Morgan fingerprint density at radius 1 is 1.11 bits per heavy atom. The molecule has 2 heterocycles. The number of aromatic amines is 1. The van der Waals surface area contributed by atoms with Gasteiger partial charge in [-0.05, 0) is 29.5 Å². The molecule has 140 valence electrons. The molecule has 1 atom stereocenters. The first-order valence-electron chi connectivity index (χ1n) is 8.60. The van der Waals surface area contributed by atoms with E-state index in [-0.39, 0.29) is 17.3 Å². The Bertz CT molecular complexity index is 1050. The highest BCUT2D eigenvalue weighted by Gasteiger charge is 2.43. The largest absolute Gasteiger partial charge is 0.314 e. The van der Waals surface area contributed by atoms with E-state index in [2.05, 4.69) is 25.7 Å². The molecule has 1 amide bonds. The number of amides is 1. The lowest BCUT2D eigenvalue weighted by atomic mass is 9.86. The maximum atomic E-state index is 13.2. The highest BCUT2D eigenvalue weighted by Crippen LogP contribution is 2.31. The molecule has 1 aliphatic rings. The minimum atomic E-state index is -1.16. The van der Waals surface area contributed by atoms with Crippen molar-refractivity contribution in [1.29, 1.82) is 0 Å². The smallest absolute Gasteiger partial charge is 0.244 e. The summed E-state index contributed by atoms with van der Waals surface area (Å²) in [5.41, 5.74) is 1.94. The molecule has 1 aliphatic heterocycles. The summed E-state index contributed by atoms with van der Waals surface area (Å²) in [5, 5.41) is 19.9. The zero-order valence-corrected chi connectivity index (χ0v) is 15.3. The van der Waals surface area contributed by atoms with Gasteiger partial charge in [-0.25, -0.2) is 0 Å². The number of carbonyl (C=O) groups excluding carboxylic acids is 2. The molecule has 2 aromatic carbocycles. The van der Waals surface area contributed by atoms with Crippen molar-refractivity contribution in [2.75, 3.05) is 24.0 Å². The van der Waals surface area contributed by atoms with Crippen molar-refractivity contribution in [3.05, 3.63) is 66.0 Å². The topological polar surface area (TPSA) is 107 Å². The number of hydrogen-bond acceptors (Lipinski definition) is 7. The van der Waals surface area contributed by atoms with Crippen LogP contribution >= 0.6 is 0 Å². The Hall–Kier alpha value is -3.88. The van der Waals surface area contributed by atoms with Crippen molar-refractivity contribution >= 4 is 28.8 Å². The van der Waals surface area contributed by atoms with Crippen LogP contribution in [-0.2, 0) is 4.79 Å². The summed E-state index contributed by atoms with van der Waals surface area (Å²) in [6.45, 7) is 0. The third kappa shape index (κ3) is 2.92. The number of hydrogen-bond donors (Lipinski definition) is 1. The molecule has 4 rings (SSSR count). The minimum Gasteiger partial charge on any atom is -0.314 e. The van der Waals surface area contributed by atoms with Gasteiger partial charge in [0.2, 0.25) is 11.7 Å². The number of para-hydroxylation sites is 2. The zero-order valence-electron chi connectivity index (χ0n) is 15.3. The first-order chi connectivity index (χ1) is 13.6. The van der Waals surface area contributed by atoms with Crippen LogP contribution in [0.4, 0.5) is 11.4 Å². The van der Waals surface area contributed by atoms with E-state index < -0.39 is 11.8 Å². The second kappa shape index (κ2) is 7.03. The summed E-state index contributed by atoms with van der Waals surface area (Å²) in [5.74, 6) is -1.80. The van der Waals surface area contributed by atoms with Crippen LogP contribution in [0.2, 0.25) is 0 Å². The summed E-state index contributed by atoms with van der Waals surface area (Å²) in [6, 6.07) is 16.3. The Balaban J connectivity index is 1.83. The van der Waals surface area contributed by atoms with Gasteiger partial charge in [-0.2, -0.15) is 10.3 Å². The Morgan fingerprint density at radius 2 is 1.82 bits per heavy atom. The van der Waals surface area contributed by atoms with Crippen molar-refractivity contribution < 1.29 is 9.59 Å². The summed E-state index contributed by atoms with van der Waals surface area (Å²) in [4.78, 5) is 27.7. The van der Waals surface area contributed by atoms with Crippen LogP contribution in [0.5, 0.6) is 0 Å². The highest BCUT2D eigenvalue weighted by molar-refractivity contribution is 6.34. The van der Waals surface area contributed by atoms with Gasteiger partial charge in [0.25, 0.3) is 0 Å². The van der Waals surface area contributed by atoms with Gasteiger partial charge in [0.1, 0.15) is 11.6 Å². The number of anilines is 2. The molecular weight excluding hydrogens is 358 g/mol. The van der Waals surface area contributed by atoms with Crippen LogP contribution in [0.3, 0.4) is 0 Å². The number of nitrogens with one attached hydrogen (secondary N) is 1. The fourth-order valence-corrected chi connectivity index (χ4v) is 3.16. The van der Waals surface area contributed by atoms with Crippen LogP contribution in [0.15, 0.2) is 59.7 Å². The number of nitrogens with zero attached hydrogens (tertiary/aromatic N) is 6. The van der Waals surface area contributed by atoms with E-state index in [0.717, 1.165) is 5.69 Å². The number of aromatic nitrogens is 4. The average molecular weight is 375 g/mol. The van der Waals surface area contributed by atoms with Gasteiger partial charge in [-0.1, -0.05) is 30.3 Å². The van der Waals surface area contributed by atoms with Crippen LogP contribution in [0.1, 0.15) is 16.2 Å². The standard InChI is InChI=1S/C19H17N7O2/c1-25-14-11-7-6-10-13(14)17(27)15(19(25)28)16(18-20-23-24-21-18)22-26(2)12-8-4-3-5-9-12/h3-11,15H,1-2H3,(H,20,21,23,24)/b22-16+. The molecule has 9 heteroatoms. The maximum absolute atomic E-state index is 13.2. The molecule has 1 aromatic heterocycles. The third-order valence-electron chi connectivity index (χ3n) is 4.61. The van der Waals surface area contributed by atoms with Gasteiger partial charge >= 0.3 is 0 Å². The van der Waals surface area contributed by atoms with Gasteiger partial charge in [0, 0.05) is 19.7 Å². The van der Waals surface area contributed by atoms with E-state index in [1.165, 1.54) is 4.90 Å². The summed E-state index contributed by atoms with van der Waals surface area (Å²) >= 11 is 0. The molecule has 0 spiro atoms. The van der Waals surface area contributed by atoms with E-state index >= 15 is 0 Å². The average Bonchev–Trinajstić information content (AvgIpc) is 3.26. The van der Waals surface area contributed by atoms with Gasteiger partial charge in [-0.3, -0.25) is 14.6 Å². The molecule has 0 radical (unpaired) electrons. The third-order valence-corrected chi connectivity index (χ3v) is 4.61. The minimum absolute atomic E-state index is 0.0993. The maximum Gasteiger partial charge on any atom is 0.244 e. The molecule has 9 nitrogen and oxygen atoms in total. The number of carbonyl (C=O) groups is 2. The molecule has 0 fully saturated rings. The SMILES string of the molecule is CN(/N=C(/c1nn[nH]n1)C1C(=O)c2ccccc2N(C)C1=O)c1ccccc1. The summed E-state index contributed by atoms with van der Waals surface area (Å²) in [6.07, 6.45) is 0. The fourth-order valence-electron chi connectivity index (χ4n) is 3.16. The quantitative estimate of drug-likeness (QED) is 0.421. The molecule has 0 saturated carbocycles. The molecular formula is C19H17N7O2. The van der Waals surface area contributed by atoms with Crippen LogP contribution in [-0.4, -0.2) is 52.1 Å². The van der Waals surface area contributed by atoms with Crippen LogP contribution in [0.25, 0.3) is 0 Å². The first-order valence-corrected chi connectivity index (χ1v) is 8.60. The van der Waals surface area contributed by atoms with Crippen molar-refractivity contribution in [1.82, 2.24) is 20.6 Å². The molecule has 0 bridgehead atoms. The number of Topliss-reactive ketones (excluding diaryl/α,β-unsaturated/α-hetero) is 1. The second-order valence-electron chi connectivity index (χ2n) is 6.29. The molecule has 1 unspecified atom stereocenters. The van der Waals surface area contributed by atoms with Crippen molar-refractivity contribution in [3.63, 3.8) is 0 Å². The van der Waals surface area contributed by atoms with Gasteiger partial charge in [-0.15, -0.1) is 10.2 Å². The summed E-state index contributed by atoms with van der Waals surface area (Å²) in [7, 11) is 3.36. The number of H-pyrrole nitrogens is 1. The molecule has 0 aliphatic carbocycles. The molecule has 0 saturated heterocycles.